The van der Waals surface area contributed by atoms with Crippen LogP contribution in [0.15, 0.2) is 30.3 Å². The average molecular weight is 267 g/mol. The summed E-state index contributed by atoms with van der Waals surface area (Å²) in [6, 6.07) is 9.64. The smallest absolute Gasteiger partial charge is 0.252 e. The minimum Gasteiger partial charge on any atom is -0.335 e. The van der Waals surface area contributed by atoms with Crippen LogP contribution in [-0.4, -0.2) is 23.3 Å². The molecule has 0 atom stereocenters. The maximum atomic E-state index is 13.0. The third-order valence-electron chi connectivity index (χ3n) is 3.54. The third kappa shape index (κ3) is 3.11. The van der Waals surface area contributed by atoms with Gasteiger partial charge in [0.15, 0.2) is 0 Å². The Bertz CT molecular complexity index is 441. The molecule has 1 aromatic carbocycles. The van der Waals surface area contributed by atoms with Gasteiger partial charge in [-0.05, 0) is 32.3 Å². The molecule has 1 aliphatic rings. The molecule has 1 saturated carbocycles. The van der Waals surface area contributed by atoms with Crippen molar-refractivity contribution in [2.75, 3.05) is 0 Å². The van der Waals surface area contributed by atoms with Crippen molar-refractivity contribution in [1.82, 2.24) is 4.90 Å². The van der Waals surface area contributed by atoms with Crippen molar-refractivity contribution in [3.63, 3.8) is 0 Å². The molecule has 0 spiro atoms. The zero-order valence-corrected chi connectivity index (χ0v) is 11.3. The molecule has 19 heavy (non-hydrogen) atoms. The molecular formula is C15H19F2NO. The van der Waals surface area contributed by atoms with Gasteiger partial charge in [-0.1, -0.05) is 30.3 Å². The number of carbonyl (C=O) groups excluding carboxylic acids is 1. The topological polar surface area (TPSA) is 20.3 Å². The second kappa shape index (κ2) is 5.27. The first-order chi connectivity index (χ1) is 8.93. The molecule has 0 unspecified atom stereocenters. The number of hydrogen-bond donors (Lipinski definition) is 0. The number of carbonyl (C=O) groups is 1. The molecule has 1 amide bonds. The second-order valence-corrected chi connectivity index (χ2v) is 5.67. The van der Waals surface area contributed by atoms with Gasteiger partial charge >= 0.3 is 0 Å². The van der Waals surface area contributed by atoms with Gasteiger partial charge in [0.1, 0.15) is 5.41 Å². The summed E-state index contributed by atoms with van der Waals surface area (Å²) in [7, 11) is 0. The van der Waals surface area contributed by atoms with Crippen LogP contribution in [0.1, 0.15) is 32.3 Å². The van der Waals surface area contributed by atoms with Crippen molar-refractivity contribution in [3.05, 3.63) is 35.9 Å². The Balaban J connectivity index is 2.15. The van der Waals surface area contributed by atoms with E-state index in [4.69, 9.17) is 0 Å². The molecule has 0 bridgehead atoms. The molecule has 0 radical (unpaired) electrons. The number of nitrogens with zero attached hydrogens (tertiary/aromatic N) is 1. The van der Waals surface area contributed by atoms with Gasteiger partial charge in [0.05, 0.1) is 0 Å². The summed E-state index contributed by atoms with van der Waals surface area (Å²) in [5.74, 6) is -0.450. The normalized spacial score (nSPS) is 15.6. The van der Waals surface area contributed by atoms with Gasteiger partial charge in [0, 0.05) is 12.6 Å². The summed E-state index contributed by atoms with van der Waals surface area (Å²) < 4.78 is 26.0. The van der Waals surface area contributed by atoms with Crippen molar-refractivity contribution in [2.24, 2.45) is 5.41 Å². The summed E-state index contributed by atoms with van der Waals surface area (Å²) in [5.41, 5.74) is -0.634. The Morgan fingerprint density at radius 2 is 1.89 bits per heavy atom. The first kappa shape index (κ1) is 14.0. The summed E-state index contributed by atoms with van der Waals surface area (Å²) in [6.07, 6.45) is -0.812. The molecule has 0 aromatic heterocycles. The van der Waals surface area contributed by atoms with Gasteiger partial charge in [-0.15, -0.1) is 0 Å². The van der Waals surface area contributed by atoms with Crippen molar-refractivity contribution >= 4 is 5.91 Å². The van der Waals surface area contributed by atoms with E-state index in [0.717, 1.165) is 18.4 Å². The van der Waals surface area contributed by atoms with E-state index >= 15 is 0 Å². The van der Waals surface area contributed by atoms with Crippen LogP contribution in [0.25, 0.3) is 0 Å². The van der Waals surface area contributed by atoms with Gasteiger partial charge < -0.3 is 4.90 Å². The lowest BCUT2D eigenvalue weighted by molar-refractivity contribution is -0.150. The molecule has 4 heteroatoms. The van der Waals surface area contributed by atoms with Crippen LogP contribution in [0.5, 0.6) is 0 Å². The summed E-state index contributed by atoms with van der Waals surface area (Å²) in [6.45, 7) is 3.06. The number of benzene rings is 1. The van der Waals surface area contributed by atoms with Gasteiger partial charge in [-0.25, -0.2) is 8.78 Å². The molecule has 2 rings (SSSR count). The standard InChI is InChI=1S/C15H19F2NO/c1-15(2,13(16)17)14(19)18(12-8-9-12)10-11-6-4-3-5-7-11/h3-7,12-13H,8-10H2,1-2H3. The monoisotopic (exact) mass is 267 g/mol. The van der Waals surface area contributed by atoms with E-state index in [9.17, 15) is 13.6 Å². The molecule has 0 saturated heterocycles. The predicted molar refractivity (Wildman–Crippen MR) is 69.8 cm³/mol. The third-order valence-corrected chi connectivity index (χ3v) is 3.54. The van der Waals surface area contributed by atoms with E-state index in [1.807, 2.05) is 30.3 Å². The fraction of sp³-hybridized carbons (Fsp3) is 0.533. The number of rotatable bonds is 5. The number of alkyl halides is 2. The number of halogens is 2. The summed E-state index contributed by atoms with van der Waals surface area (Å²) >= 11 is 0. The van der Waals surface area contributed by atoms with Crippen LogP contribution in [0.3, 0.4) is 0 Å². The zero-order chi connectivity index (χ0) is 14.0. The Morgan fingerprint density at radius 1 is 1.32 bits per heavy atom. The zero-order valence-electron chi connectivity index (χ0n) is 11.3. The summed E-state index contributed by atoms with van der Waals surface area (Å²) in [5, 5.41) is 0. The number of amides is 1. The largest absolute Gasteiger partial charge is 0.335 e. The first-order valence-corrected chi connectivity index (χ1v) is 6.56. The molecule has 1 aromatic rings. The number of hydrogen-bond acceptors (Lipinski definition) is 1. The van der Waals surface area contributed by atoms with Crippen molar-refractivity contribution in [1.29, 1.82) is 0 Å². The van der Waals surface area contributed by atoms with Crippen LogP contribution < -0.4 is 0 Å². The minimum absolute atomic E-state index is 0.130. The average Bonchev–Trinajstić information content (AvgIpc) is 3.20. The maximum Gasteiger partial charge on any atom is 0.252 e. The SMILES string of the molecule is CC(C)(C(=O)N(Cc1ccccc1)C1CC1)C(F)F. The molecule has 2 nitrogen and oxygen atoms in total. The predicted octanol–water partition coefficient (Wildman–Crippen LogP) is 3.47. The van der Waals surface area contributed by atoms with Gasteiger partial charge in [-0.2, -0.15) is 0 Å². The van der Waals surface area contributed by atoms with Crippen LogP contribution in [0.4, 0.5) is 8.78 Å². The van der Waals surface area contributed by atoms with Crippen molar-refractivity contribution in [3.8, 4) is 0 Å². The van der Waals surface area contributed by atoms with E-state index in [1.165, 1.54) is 13.8 Å². The lowest BCUT2D eigenvalue weighted by Crippen LogP contribution is -2.45. The lowest BCUT2D eigenvalue weighted by atomic mass is 9.92. The van der Waals surface area contributed by atoms with E-state index < -0.39 is 17.7 Å². The lowest BCUT2D eigenvalue weighted by Gasteiger charge is -2.31. The van der Waals surface area contributed by atoms with Gasteiger partial charge in [0.2, 0.25) is 5.91 Å². The second-order valence-electron chi connectivity index (χ2n) is 5.67. The highest BCUT2D eigenvalue weighted by Gasteiger charge is 2.44. The molecule has 1 aliphatic carbocycles. The van der Waals surface area contributed by atoms with E-state index in [2.05, 4.69) is 0 Å². The van der Waals surface area contributed by atoms with Crippen LogP contribution >= 0.6 is 0 Å². The van der Waals surface area contributed by atoms with Crippen LogP contribution in [-0.2, 0) is 11.3 Å². The minimum atomic E-state index is -2.64. The fourth-order valence-corrected chi connectivity index (χ4v) is 2.00. The highest BCUT2D eigenvalue weighted by atomic mass is 19.3. The molecular weight excluding hydrogens is 248 g/mol. The quantitative estimate of drug-likeness (QED) is 0.800. The van der Waals surface area contributed by atoms with Crippen LogP contribution in [0, 0.1) is 5.41 Å². The highest BCUT2D eigenvalue weighted by molar-refractivity contribution is 5.83. The van der Waals surface area contributed by atoms with Gasteiger partial charge in [-0.3, -0.25) is 4.79 Å². The molecule has 1 fully saturated rings. The van der Waals surface area contributed by atoms with Crippen molar-refractivity contribution in [2.45, 2.75) is 45.7 Å². The van der Waals surface area contributed by atoms with E-state index in [0.29, 0.717) is 6.54 Å². The van der Waals surface area contributed by atoms with E-state index in [-0.39, 0.29) is 6.04 Å². The first-order valence-electron chi connectivity index (χ1n) is 6.56. The Kier molecular flexibility index (Phi) is 3.88. The highest BCUT2D eigenvalue weighted by Crippen LogP contribution is 2.35. The van der Waals surface area contributed by atoms with E-state index in [1.54, 1.807) is 4.90 Å². The fourth-order valence-electron chi connectivity index (χ4n) is 2.00. The Hall–Kier alpha value is -1.45. The molecule has 0 N–H and O–H groups in total. The Labute approximate surface area is 112 Å². The molecule has 0 heterocycles. The van der Waals surface area contributed by atoms with Crippen LogP contribution in [0.2, 0.25) is 0 Å². The maximum absolute atomic E-state index is 13.0. The van der Waals surface area contributed by atoms with Crippen molar-refractivity contribution < 1.29 is 13.6 Å². The Morgan fingerprint density at radius 3 is 2.37 bits per heavy atom. The summed E-state index contributed by atoms with van der Waals surface area (Å²) in [4.78, 5) is 14.0. The molecule has 104 valence electrons. The molecule has 0 aliphatic heterocycles. The van der Waals surface area contributed by atoms with Gasteiger partial charge in [0.25, 0.3) is 6.43 Å².